The molecule has 4 amide bonds. The van der Waals surface area contributed by atoms with Gasteiger partial charge in [0.15, 0.2) is 0 Å². The molecule has 2 aromatic heterocycles. The number of urea groups is 1. The largest absolute Gasteiger partial charge is 0.460 e. The molecule has 0 spiro atoms. The van der Waals surface area contributed by atoms with Gasteiger partial charge in [-0.15, -0.1) is 11.3 Å². The number of furan rings is 1. The van der Waals surface area contributed by atoms with Crippen LogP contribution in [-0.2, 0) is 9.59 Å². The molecule has 2 aliphatic heterocycles. The fourth-order valence-electron chi connectivity index (χ4n) is 4.30. The summed E-state index contributed by atoms with van der Waals surface area (Å²) in [5.41, 5.74) is 2.33. The molecule has 0 bridgehead atoms. The van der Waals surface area contributed by atoms with Crippen LogP contribution in [0, 0.1) is 13.8 Å². The van der Waals surface area contributed by atoms with Gasteiger partial charge in [0.1, 0.15) is 29.8 Å². The lowest BCUT2D eigenvalue weighted by Crippen LogP contribution is -2.42. The van der Waals surface area contributed by atoms with Crippen molar-refractivity contribution in [2.24, 2.45) is 5.10 Å². The molecule has 1 aromatic carbocycles. The van der Waals surface area contributed by atoms with Crippen molar-refractivity contribution in [3.63, 3.8) is 0 Å². The molecule has 5 rings (SSSR count). The first-order chi connectivity index (χ1) is 16.3. The maximum atomic E-state index is 13.4. The van der Waals surface area contributed by atoms with E-state index < -0.39 is 23.9 Å². The van der Waals surface area contributed by atoms with Crippen molar-refractivity contribution < 1.29 is 18.8 Å². The number of benzene rings is 1. The summed E-state index contributed by atoms with van der Waals surface area (Å²) >= 11 is 1.53. The molecule has 9 heteroatoms. The average molecular weight is 477 g/mol. The molecule has 0 N–H and O–H groups in total. The van der Waals surface area contributed by atoms with Crippen LogP contribution in [-0.4, -0.2) is 46.1 Å². The summed E-state index contributed by atoms with van der Waals surface area (Å²) in [5, 5.41) is 7.89. The highest BCUT2D eigenvalue weighted by Crippen LogP contribution is 2.36. The molecular weight excluding hydrogens is 452 g/mol. The summed E-state index contributed by atoms with van der Waals surface area (Å²) in [6.07, 6.45) is 0.493. The highest BCUT2D eigenvalue weighted by Gasteiger charge is 2.45. The fourth-order valence-corrected chi connectivity index (χ4v) is 5.11. The molecule has 1 saturated heterocycles. The molecule has 2 aliphatic rings. The lowest BCUT2D eigenvalue weighted by atomic mass is 10.1. The summed E-state index contributed by atoms with van der Waals surface area (Å²) in [6.45, 7) is 5.10. The van der Waals surface area contributed by atoms with Gasteiger partial charge in [-0.3, -0.25) is 19.4 Å². The lowest BCUT2D eigenvalue weighted by Gasteiger charge is -2.23. The van der Waals surface area contributed by atoms with Crippen molar-refractivity contribution in [2.75, 3.05) is 11.4 Å². The number of amides is 4. The van der Waals surface area contributed by atoms with Gasteiger partial charge in [0.2, 0.25) is 0 Å². The van der Waals surface area contributed by atoms with Gasteiger partial charge in [-0.2, -0.15) is 5.10 Å². The van der Waals surface area contributed by atoms with E-state index in [1.807, 2.05) is 55.6 Å². The standard InChI is InChI=1S/C25H24N4O4S/c1-15-6-9-18(10-7-15)28-17(3)24(31)27(25(28)32)14-23(30)29-20(22-5-4-12-34-22)13-19(26-29)21-11-8-16(2)33-21/h4-12,17,20H,13-14H2,1-3H3/t17-,20-/m1/s1. The van der Waals surface area contributed by atoms with Gasteiger partial charge in [-0.05, 0) is 56.5 Å². The summed E-state index contributed by atoms with van der Waals surface area (Å²) in [7, 11) is 0. The fraction of sp³-hybridized carbons (Fsp3) is 0.280. The smallest absolute Gasteiger partial charge is 0.332 e. The van der Waals surface area contributed by atoms with Crippen molar-refractivity contribution in [3.05, 3.63) is 75.9 Å². The second-order valence-corrected chi connectivity index (χ2v) is 9.50. The Balaban J connectivity index is 1.40. The number of carbonyl (C=O) groups excluding carboxylic acids is 3. The first kappa shape index (κ1) is 22.1. The second kappa shape index (κ2) is 8.57. The number of hydrogen-bond acceptors (Lipinski definition) is 6. The molecule has 0 unspecified atom stereocenters. The summed E-state index contributed by atoms with van der Waals surface area (Å²) in [5.74, 6) is 0.545. The third-order valence-corrected chi connectivity index (χ3v) is 7.09. The average Bonchev–Trinajstić information content (AvgIpc) is 3.60. The summed E-state index contributed by atoms with van der Waals surface area (Å²) < 4.78 is 5.72. The Bertz CT molecular complexity index is 1280. The van der Waals surface area contributed by atoms with Crippen molar-refractivity contribution in [1.82, 2.24) is 9.91 Å². The van der Waals surface area contributed by atoms with E-state index in [1.165, 1.54) is 21.2 Å². The Hall–Kier alpha value is -3.72. The molecular formula is C25H24N4O4S. The molecule has 0 saturated carbocycles. The van der Waals surface area contributed by atoms with Crippen LogP contribution >= 0.6 is 11.3 Å². The molecule has 174 valence electrons. The summed E-state index contributed by atoms with van der Waals surface area (Å²) in [4.78, 5) is 43.0. The number of thiophene rings is 1. The van der Waals surface area contributed by atoms with Gasteiger partial charge < -0.3 is 4.42 Å². The van der Waals surface area contributed by atoms with E-state index in [2.05, 4.69) is 5.10 Å². The highest BCUT2D eigenvalue weighted by molar-refractivity contribution is 7.10. The van der Waals surface area contributed by atoms with E-state index in [0.717, 1.165) is 21.1 Å². The molecule has 34 heavy (non-hydrogen) atoms. The van der Waals surface area contributed by atoms with E-state index >= 15 is 0 Å². The number of hydrogen-bond donors (Lipinski definition) is 0. The van der Waals surface area contributed by atoms with E-state index in [9.17, 15) is 14.4 Å². The Labute approximate surface area is 201 Å². The lowest BCUT2D eigenvalue weighted by molar-refractivity contribution is -0.138. The minimum Gasteiger partial charge on any atom is -0.460 e. The molecule has 8 nitrogen and oxygen atoms in total. The number of carbonyl (C=O) groups is 3. The third kappa shape index (κ3) is 3.81. The molecule has 4 heterocycles. The number of hydrazone groups is 1. The quantitative estimate of drug-likeness (QED) is 0.508. The van der Waals surface area contributed by atoms with Crippen LogP contribution < -0.4 is 4.90 Å². The van der Waals surface area contributed by atoms with Crippen LogP contribution in [0.3, 0.4) is 0 Å². The second-order valence-electron chi connectivity index (χ2n) is 8.52. The van der Waals surface area contributed by atoms with Gasteiger partial charge in [0.05, 0.1) is 6.04 Å². The van der Waals surface area contributed by atoms with Crippen LogP contribution in [0.25, 0.3) is 0 Å². The van der Waals surface area contributed by atoms with E-state index in [0.29, 0.717) is 23.6 Å². The van der Waals surface area contributed by atoms with Gasteiger partial charge in [-0.25, -0.2) is 9.80 Å². The number of aryl methyl sites for hydroxylation is 2. The molecule has 1 fully saturated rings. The molecule has 3 aromatic rings. The molecule has 2 atom stereocenters. The van der Waals surface area contributed by atoms with Crippen LogP contribution in [0.5, 0.6) is 0 Å². The molecule has 0 radical (unpaired) electrons. The van der Waals surface area contributed by atoms with Crippen LogP contribution in [0.15, 0.2) is 63.4 Å². The zero-order chi connectivity index (χ0) is 24.0. The van der Waals surface area contributed by atoms with Crippen LogP contribution in [0.2, 0.25) is 0 Å². The first-order valence-corrected chi connectivity index (χ1v) is 11.9. The predicted octanol–water partition coefficient (Wildman–Crippen LogP) is 4.49. The van der Waals surface area contributed by atoms with E-state index in [1.54, 1.807) is 19.1 Å². The number of imide groups is 1. The zero-order valence-corrected chi connectivity index (χ0v) is 19.9. The number of anilines is 1. The number of rotatable bonds is 5. The minimum absolute atomic E-state index is 0.314. The predicted molar refractivity (Wildman–Crippen MR) is 129 cm³/mol. The van der Waals surface area contributed by atoms with Gasteiger partial charge >= 0.3 is 6.03 Å². The highest BCUT2D eigenvalue weighted by atomic mass is 32.1. The van der Waals surface area contributed by atoms with E-state index in [4.69, 9.17) is 4.42 Å². The van der Waals surface area contributed by atoms with Crippen molar-refractivity contribution in [2.45, 2.75) is 39.3 Å². The minimum atomic E-state index is -0.695. The first-order valence-electron chi connectivity index (χ1n) is 11.0. The number of nitrogens with zero attached hydrogens (tertiary/aromatic N) is 4. The van der Waals surface area contributed by atoms with Crippen LogP contribution in [0.1, 0.15) is 41.3 Å². The molecule has 0 aliphatic carbocycles. The van der Waals surface area contributed by atoms with Gasteiger partial charge in [0, 0.05) is 17.0 Å². The monoisotopic (exact) mass is 476 g/mol. The van der Waals surface area contributed by atoms with E-state index in [-0.39, 0.29) is 12.6 Å². The SMILES string of the molecule is Cc1ccc(N2C(=O)N(CC(=O)N3N=C(c4ccc(C)o4)C[C@@H]3c3cccs3)C(=O)[C@H]2C)cc1. The Morgan fingerprint density at radius 3 is 2.53 bits per heavy atom. The maximum absolute atomic E-state index is 13.4. The van der Waals surface area contributed by atoms with Crippen molar-refractivity contribution in [3.8, 4) is 0 Å². The van der Waals surface area contributed by atoms with Gasteiger partial charge in [-0.1, -0.05) is 23.8 Å². The van der Waals surface area contributed by atoms with Crippen molar-refractivity contribution >= 4 is 40.6 Å². The Morgan fingerprint density at radius 2 is 1.88 bits per heavy atom. The maximum Gasteiger partial charge on any atom is 0.332 e. The Morgan fingerprint density at radius 1 is 1.12 bits per heavy atom. The van der Waals surface area contributed by atoms with Crippen molar-refractivity contribution in [1.29, 1.82) is 0 Å². The normalized spacial score (nSPS) is 20.4. The van der Waals surface area contributed by atoms with Gasteiger partial charge in [0.25, 0.3) is 11.8 Å². The summed E-state index contributed by atoms with van der Waals surface area (Å²) in [6, 6.07) is 13.4. The third-order valence-electron chi connectivity index (χ3n) is 6.12. The Kier molecular flexibility index (Phi) is 5.57. The zero-order valence-electron chi connectivity index (χ0n) is 19.1. The van der Waals surface area contributed by atoms with Crippen LogP contribution in [0.4, 0.5) is 10.5 Å². The topological polar surface area (TPSA) is 86.4 Å².